The van der Waals surface area contributed by atoms with E-state index in [9.17, 15) is 4.79 Å². The predicted octanol–water partition coefficient (Wildman–Crippen LogP) is 2.79. The number of hydrogen-bond acceptors (Lipinski definition) is 4. The molecule has 1 aliphatic heterocycles. The molecule has 1 heterocycles. The van der Waals surface area contributed by atoms with Crippen molar-refractivity contribution in [3.05, 3.63) is 48.0 Å². The minimum absolute atomic E-state index is 0.273. The van der Waals surface area contributed by atoms with Gasteiger partial charge in [0.05, 0.1) is 7.11 Å². The highest BCUT2D eigenvalue weighted by Gasteiger charge is 2.12. The first-order valence-electron chi connectivity index (χ1n) is 7.32. The van der Waals surface area contributed by atoms with Gasteiger partial charge in [0, 0.05) is 12.2 Å². The number of nitrogens with one attached hydrogen (secondary N) is 2. The number of rotatable bonds is 4. The van der Waals surface area contributed by atoms with Gasteiger partial charge in [0.15, 0.2) is 11.5 Å². The maximum absolute atomic E-state index is 11.9. The Hall–Kier alpha value is -2.89. The lowest BCUT2D eigenvalue weighted by Gasteiger charge is -2.19. The van der Waals surface area contributed by atoms with Crippen molar-refractivity contribution in [2.24, 2.45) is 0 Å². The van der Waals surface area contributed by atoms with E-state index in [4.69, 9.17) is 14.2 Å². The van der Waals surface area contributed by atoms with Gasteiger partial charge in [0.25, 0.3) is 0 Å². The number of urea groups is 1. The third kappa shape index (κ3) is 3.85. The van der Waals surface area contributed by atoms with Gasteiger partial charge in [-0.25, -0.2) is 4.79 Å². The molecule has 0 spiro atoms. The second-order valence-electron chi connectivity index (χ2n) is 5.01. The molecule has 0 radical (unpaired) electrons. The molecule has 120 valence electrons. The Kier molecular flexibility index (Phi) is 4.52. The zero-order valence-electron chi connectivity index (χ0n) is 12.8. The summed E-state index contributed by atoms with van der Waals surface area (Å²) < 4.78 is 16.1. The minimum atomic E-state index is -0.273. The van der Waals surface area contributed by atoms with E-state index in [0.29, 0.717) is 31.2 Å². The van der Waals surface area contributed by atoms with Crippen molar-refractivity contribution in [1.29, 1.82) is 0 Å². The van der Waals surface area contributed by atoms with Crippen LogP contribution in [0.3, 0.4) is 0 Å². The van der Waals surface area contributed by atoms with Crippen LogP contribution in [0.15, 0.2) is 42.5 Å². The minimum Gasteiger partial charge on any atom is -0.497 e. The highest BCUT2D eigenvalue weighted by atomic mass is 16.6. The van der Waals surface area contributed by atoms with Crippen LogP contribution in [-0.4, -0.2) is 26.4 Å². The first kappa shape index (κ1) is 15.0. The Bertz CT molecular complexity index is 685. The number of benzene rings is 2. The lowest BCUT2D eigenvalue weighted by molar-refractivity contribution is 0.171. The molecule has 0 saturated carbocycles. The molecule has 2 amide bonds. The van der Waals surface area contributed by atoms with E-state index in [1.807, 2.05) is 18.2 Å². The van der Waals surface area contributed by atoms with Crippen LogP contribution in [0.5, 0.6) is 17.2 Å². The Balaban J connectivity index is 1.54. The molecule has 3 rings (SSSR count). The smallest absolute Gasteiger partial charge is 0.319 e. The van der Waals surface area contributed by atoms with E-state index in [1.165, 1.54) is 0 Å². The van der Waals surface area contributed by atoms with E-state index < -0.39 is 0 Å². The summed E-state index contributed by atoms with van der Waals surface area (Å²) in [6.07, 6.45) is 0. The fourth-order valence-corrected chi connectivity index (χ4v) is 2.23. The van der Waals surface area contributed by atoms with Crippen LogP contribution < -0.4 is 24.8 Å². The standard InChI is InChI=1S/C17H18N2O4/c1-21-14-5-3-13(4-6-14)19-17(20)18-11-12-2-7-15-16(10-12)23-9-8-22-15/h2-7,10H,8-9,11H2,1H3,(H2,18,19,20). The number of fused-ring (bicyclic) bond motifs is 1. The molecule has 0 saturated heterocycles. The molecule has 0 unspecified atom stereocenters. The number of carbonyl (C=O) groups is 1. The first-order chi connectivity index (χ1) is 11.2. The van der Waals surface area contributed by atoms with Gasteiger partial charge in [-0.15, -0.1) is 0 Å². The summed E-state index contributed by atoms with van der Waals surface area (Å²) in [5.41, 5.74) is 1.64. The van der Waals surface area contributed by atoms with Crippen molar-refractivity contribution in [2.45, 2.75) is 6.54 Å². The molecular weight excluding hydrogens is 296 g/mol. The van der Waals surface area contributed by atoms with Gasteiger partial charge < -0.3 is 24.8 Å². The molecule has 2 N–H and O–H groups in total. The summed E-state index contributed by atoms with van der Waals surface area (Å²) in [5.74, 6) is 2.20. The van der Waals surface area contributed by atoms with Crippen molar-refractivity contribution in [1.82, 2.24) is 5.32 Å². The zero-order chi connectivity index (χ0) is 16.1. The largest absolute Gasteiger partial charge is 0.497 e. The number of amides is 2. The Morgan fingerprint density at radius 3 is 2.57 bits per heavy atom. The summed E-state index contributed by atoms with van der Waals surface area (Å²) >= 11 is 0. The fraction of sp³-hybridized carbons (Fsp3) is 0.235. The fourth-order valence-electron chi connectivity index (χ4n) is 2.23. The van der Waals surface area contributed by atoms with Gasteiger partial charge in [-0.05, 0) is 42.0 Å². The molecule has 0 fully saturated rings. The van der Waals surface area contributed by atoms with Gasteiger partial charge in [0.2, 0.25) is 0 Å². The summed E-state index contributed by atoms with van der Waals surface area (Å²) in [5, 5.41) is 5.57. The highest BCUT2D eigenvalue weighted by Crippen LogP contribution is 2.30. The van der Waals surface area contributed by atoms with Crippen LogP contribution in [0.25, 0.3) is 0 Å². The lowest BCUT2D eigenvalue weighted by atomic mass is 10.2. The molecule has 6 nitrogen and oxygen atoms in total. The average Bonchev–Trinajstić information content (AvgIpc) is 2.60. The summed E-state index contributed by atoms with van der Waals surface area (Å²) in [6.45, 7) is 1.51. The summed E-state index contributed by atoms with van der Waals surface area (Å²) in [4.78, 5) is 11.9. The second-order valence-corrected chi connectivity index (χ2v) is 5.01. The van der Waals surface area contributed by atoms with Crippen LogP contribution in [0.2, 0.25) is 0 Å². The van der Waals surface area contributed by atoms with Crippen LogP contribution in [0.1, 0.15) is 5.56 Å². The summed E-state index contributed by atoms with van der Waals surface area (Å²) in [7, 11) is 1.60. The third-order valence-electron chi connectivity index (χ3n) is 3.41. The van der Waals surface area contributed by atoms with E-state index in [2.05, 4.69) is 10.6 Å². The van der Waals surface area contributed by atoms with Crippen molar-refractivity contribution in [3.8, 4) is 17.2 Å². The highest BCUT2D eigenvalue weighted by molar-refractivity contribution is 5.89. The number of methoxy groups -OCH3 is 1. The monoisotopic (exact) mass is 314 g/mol. The molecule has 6 heteroatoms. The number of ether oxygens (including phenoxy) is 3. The van der Waals surface area contributed by atoms with Gasteiger partial charge in [0.1, 0.15) is 19.0 Å². The van der Waals surface area contributed by atoms with Crippen LogP contribution in [0, 0.1) is 0 Å². The molecule has 2 aromatic rings. The molecule has 23 heavy (non-hydrogen) atoms. The van der Waals surface area contributed by atoms with Gasteiger partial charge in [-0.1, -0.05) is 6.07 Å². The van der Waals surface area contributed by atoms with Gasteiger partial charge in [-0.2, -0.15) is 0 Å². The molecule has 1 aliphatic rings. The molecule has 0 atom stereocenters. The number of carbonyl (C=O) groups excluding carboxylic acids is 1. The molecular formula is C17H18N2O4. The van der Waals surface area contributed by atoms with Crippen LogP contribution >= 0.6 is 0 Å². The predicted molar refractivity (Wildman–Crippen MR) is 86.3 cm³/mol. The molecule has 2 aromatic carbocycles. The number of hydrogen-bond donors (Lipinski definition) is 2. The maximum Gasteiger partial charge on any atom is 0.319 e. The van der Waals surface area contributed by atoms with E-state index in [-0.39, 0.29) is 6.03 Å². The third-order valence-corrected chi connectivity index (χ3v) is 3.41. The molecule has 0 aromatic heterocycles. The van der Waals surface area contributed by atoms with Gasteiger partial charge >= 0.3 is 6.03 Å². The van der Waals surface area contributed by atoms with E-state index in [0.717, 1.165) is 17.1 Å². The topological polar surface area (TPSA) is 68.8 Å². The van der Waals surface area contributed by atoms with Gasteiger partial charge in [-0.3, -0.25) is 0 Å². The lowest BCUT2D eigenvalue weighted by Crippen LogP contribution is -2.28. The quantitative estimate of drug-likeness (QED) is 0.910. The van der Waals surface area contributed by atoms with E-state index in [1.54, 1.807) is 31.4 Å². The van der Waals surface area contributed by atoms with Crippen molar-refractivity contribution < 1.29 is 19.0 Å². The SMILES string of the molecule is COc1ccc(NC(=O)NCc2ccc3c(c2)OCCO3)cc1. The molecule has 0 bridgehead atoms. The van der Waals surface area contributed by atoms with E-state index >= 15 is 0 Å². The maximum atomic E-state index is 11.9. The van der Waals surface area contributed by atoms with Crippen molar-refractivity contribution >= 4 is 11.7 Å². The molecule has 0 aliphatic carbocycles. The zero-order valence-corrected chi connectivity index (χ0v) is 12.8. The van der Waals surface area contributed by atoms with Crippen molar-refractivity contribution in [3.63, 3.8) is 0 Å². The number of anilines is 1. The Morgan fingerprint density at radius 2 is 1.83 bits per heavy atom. The second kappa shape index (κ2) is 6.91. The average molecular weight is 314 g/mol. The van der Waals surface area contributed by atoms with Crippen molar-refractivity contribution in [2.75, 3.05) is 25.6 Å². The normalized spacial score (nSPS) is 12.4. The Morgan fingerprint density at radius 1 is 1.09 bits per heavy atom. The first-order valence-corrected chi connectivity index (χ1v) is 7.32. The summed E-state index contributed by atoms with van der Waals surface area (Å²) in [6, 6.07) is 12.5. The van der Waals surface area contributed by atoms with Crippen LogP contribution in [-0.2, 0) is 6.54 Å². The van der Waals surface area contributed by atoms with Crippen LogP contribution in [0.4, 0.5) is 10.5 Å². The Labute approximate surface area is 134 Å².